The van der Waals surface area contributed by atoms with Gasteiger partial charge in [0.2, 0.25) is 0 Å². The molecule has 0 aromatic heterocycles. The minimum absolute atomic E-state index is 0.295. The zero-order valence-electron chi connectivity index (χ0n) is 20.3. The van der Waals surface area contributed by atoms with E-state index in [1.54, 1.807) is 0 Å². The van der Waals surface area contributed by atoms with E-state index in [0.29, 0.717) is 23.5 Å². The van der Waals surface area contributed by atoms with Crippen LogP contribution < -0.4 is 5.32 Å². The van der Waals surface area contributed by atoms with Crippen LogP contribution in [0.25, 0.3) is 5.70 Å². The number of halogens is 3. The summed E-state index contributed by atoms with van der Waals surface area (Å²) in [6, 6.07) is 8.10. The second kappa shape index (κ2) is 11.4. The van der Waals surface area contributed by atoms with Crippen molar-refractivity contribution in [2.24, 2.45) is 4.99 Å². The molecular formula is C28H30F3N3O. The Morgan fingerprint density at radius 3 is 2.46 bits per heavy atom. The molecule has 0 atom stereocenters. The third kappa shape index (κ3) is 7.78. The average molecular weight is 482 g/mol. The van der Waals surface area contributed by atoms with Gasteiger partial charge in [-0.15, -0.1) is 13.2 Å². The molecule has 0 amide bonds. The monoisotopic (exact) mass is 481 g/mol. The molecular weight excluding hydrogens is 451 g/mol. The van der Waals surface area contributed by atoms with Crippen LogP contribution in [0.1, 0.15) is 25.0 Å². The summed E-state index contributed by atoms with van der Waals surface area (Å²) >= 11 is 0. The maximum Gasteiger partial charge on any atom is 0.573 e. The molecule has 0 bridgehead atoms. The molecule has 1 heterocycles. The van der Waals surface area contributed by atoms with E-state index in [0.717, 1.165) is 39.9 Å². The highest BCUT2D eigenvalue weighted by Gasteiger charge is 2.30. The first kappa shape index (κ1) is 27.2. The molecule has 1 aliphatic rings. The molecule has 1 aromatic rings. The maximum atomic E-state index is 12.3. The van der Waals surface area contributed by atoms with E-state index in [9.17, 15) is 13.2 Å². The second-order valence-corrected chi connectivity index (χ2v) is 7.87. The summed E-state index contributed by atoms with van der Waals surface area (Å²) in [5.41, 5.74) is 6.80. The number of ether oxygens (including phenoxy) is 1. The molecule has 1 aromatic carbocycles. The number of nitrogens with zero attached hydrogens (tertiary/aromatic N) is 2. The fourth-order valence-corrected chi connectivity index (χ4v) is 3.29. The van der Waals surface area contributed by atoms with Gasteiger partial charge in [-0.05, 0) is 60.9 Å². The molecule has 35 heavy (non-hydrogen) atoms. The quantitative estimate of drug-likeness (QED) is 0.219. The first-order valence-electron chi connectivity index (χ1n) is 10.7. The topological polar surface area (TPSA) is 36.9 Å². The van der Waals surface area contributed by atoms with E-state index >= 15 is 0 Å². The summed E-state index contributed by atoms with van der Waals surface area (Å²) < 4.78 is 40.5. The Bertz CT molecular complexity index is 1180. The SMILES string of the molecule is C=C(/C=C\C(=C)C(=C)/N=C(\C)C1=CC=C(C)N(Cc2cccc(C(=C)NC)c2)C1=C)OC(F)(F)F. The Balaban J connectivity index is 2.15. The van der Waals surface area contributed by atoms with E-state index < -0.39 is 12.1 Å². The molecule has 0 fully saturated rings. The van der Waals surface area contributed by atoms with Crippen LogP contribution >= 0.6 is 0 Å². The van der Waals surface area contributed by atoms with Crippen LogP contribution in [-0.2, 0) is 11.3 Å². The summed E-state index contributed by atoms with van der Waals surface area (Å²) in [5, 5.41) is 3.06. The van der Waals surface area contributed by atoms with E-state index in [-0.39, 0.29) is 0 Å². The highest BCUT2D eigenvalue weighted by molar-refractivity contribution is 6.03. The number of allylic oxidation sites excluding steroid dienone is 6. The van der Waals surface area contributed by atoms with Crippen molar-refractivity contribution in [3.63, 3.8) is 0 Å². The predicted octanol–water partition coefficient (Wildman–Crippen LogP) is 7.17. The van der Waals surface area contributed by atoms with Crippen molar-refractivity contribution in [1.29, 1.82) is 0 Å². The smallest absolute Gasteiger partial charge is 0.406 e. The zero-order valence-corrected chi connectivity index (χ0v) is 20.3. The fourth-order valence-electron chi connectivity index (χ4n) is 3.29. The van der Waals surface area contributed by atoms with Crippen molar-refractivity contribution in [3.8, 4) is 0 Å². The predicted molar refractivity (Wildman–Crippen MR) is 138 cm³/mol. The largest absolute Gasteiger partial charge is 0.573 e. The number of rotatable bonds is 10. The highest BCUT2D eigenvalue weighted by Crippen LogP contribution is 2.28. The van der Waals surface area contributed by atoms with Gasteiger partial charge in [0, 0.05) is 42.0 Å². The summed E-state index contributed by atoms with van der Waals surface area (Å²) in [6.45, 7) is 23.6. The Hall–Kier alpha value is -4.00. The molecule has 1 aliphatic heterocycles. The number of hydrogen-bond donors (Lipinski definition) is 1. The van der Waals surface area contributed by atoms with Crippen molar-refractivity contribution in [2.75, 3.05) is 7.05 Å². The first-order chi connectivity index (χ1) is 16.3. The van der Waals surface area contributed by atoms with Crippen LogP contribution in [0, 0.1) is 0 Å². The van der Waals surface area contributed by atoms with E-state index in [2.05, 4.69) is 58.9 Å². The molecule has 0 unspecified atom stereocenters. The zero-order chi connectivity index (χ0) is 26.3. The molecule has 4 nitrogen and oxygen atoms in total. The van der Waals surface area contributed by atoms with Gasteiger partial charge in [0.25, 0.3) is 0 Å². The molecule has 0 spiro atoms. The van der Waals surface area contributed by atoms with Crippen molar-refractivity contribution in [2.45, 2.75) is 26.8 Å². The van der Waals surface area contributed by atoms with Crippen LogP contribution in [-0.4, -0.2) is 24.0 Å². The van der Waals surface area contributed by atoms with Crippen molar-refractivity contribution in [3.05, 3.63) is 127 Å². The van der Waals surface area contributed by atoms with Gasteiger partial charge in [0.15, 0.2) is 0 Å². The van der Waals surface area contributed by atoms with Gasteiger partial charge < -0.3 is 15.0 Å². The fraction of sp³-hybridized carbons (Fsp3) is 0.179. The van der Waals surface area contributed by atoms with Crippen LogP contribution in [0.3, 0.4) is 0 Å². The number of benzene rings is 1. The third-order valence-electron chi connectivity index (χ3n) is 5.25. The molecule has 7 heteroatoms. The van der Waals surface area contributed by atoms with Crippen LogP contribution in [0.4, 0.5) is 13.2 Å². The van der Waals surface area contributed by atoms with Crippen molar-refractivity contribution in [1.82, 2.24) is 10.2 Å². The molecule has 184 valence electrons. The number of nitrogens with one attached hydrogen (secondary N) is 1. The van der Waals surface area contributed by atoms with Crippen LogP contribution in [0.15, 0.2) is 120 Å². The molecule has 0 saturated carbocycles. The normalized spacial score (nSPS) is 14.4. The third-order valence-corrected chi connectivity index (χ3v) is 5.25. The summed E-state index contributed by atoms with van der Waals surface area (Å²) in [5.74, 6) is -0.561. The molecule has 2 rings (SSSR count). The Labute approximate surface area is 205 Å². The highest BCUT2D eigenvalue weighted by atomic mass is 19.4. The average Bonchev–Trinajstić information content (AvgIpc) is 2.78. The Kier molecular flexibility index (Phi) is 8.89. The first-order valence-corrected chi connectivity index (χ1v) is 10.7. The maximum absolute atomic E-state index is 12.3. The molecule has 0 saturated heterocycles. The Morgan fingerprint density at radius 1 is 1.14 bits per heavy atom. The van der Waals surface area contributed by atoms with Gasteiger partial charge in [0.1, 0.15) is 5.76 Å². The lowest BCUT2D eigenvalue weighted by Crippen LogP contribution is -2.25. The number of hydrogen-bond acceptors (Lipinski definition) is 4. The lowest BCUT2D eigenvalue weighted by atomic mass is 10.0. The van der Waals surface area contributed by atoms with Crippen LogP contribution in [0.2, 0.25) is 0 Å². The van der Waals surface area contributed by atoms with Gasteiger partial charge in [-0.3, -0.25) is 4.99 Å². The van der Waals surface area contributed by atoms with Gasteiger partial charge >= 0.3 is 6.36 Å². The molecule has 0 aliphatic carbocycles. The summed E-state index contributed by atoms with van der Waals surface area (Å²) in [4.78, 5) is 6.58. The van der Waals surface area contributed by atoms with E-state index in [1.165, 1.54) is 6.08 Å². The molecule has 1 N–H and O–H groups in total. The molecule has 0 radical (unpaired) electrons. The van der Waals surface area contributed by atoms with Crippen molar-refractivity contribution < 1.29 is 17.9 Å². The lowest BCUT2D eigenvalue weighted by Gasteiger charge is -2.32. The number of alkyl halides is 3. The minimum Gasteiger partial charge on any atom is -0.406 e. The summed E-state index contributed by atoms with van der Waals surface area (Å²) in [6.07, 6.45) is 1.49. The van der Waals surface area contributed by atoms with Gasteiger partial charge in [-0.2, -0.15) is 0 Å². The van der Waals surface area contributed by atoms with Crippen LogP contribution in [0.5, 0.6) is 0 Å². The van der Waals surface area contributed by atoms with Crippen molar-refractivity contribution >= 4 is 11.4 Å². The number of aliphatic imine (C=N–C) groups is 1. The van der Waals surface area contributed by atoms with Gasteiger partial charge in [-0.1, -0.05) is 51.1 Å². The Morgan fingerprint density at radius 2 is 1.83 bits per heavy atom. The van der Waals surface area contributed by atoms with E-state index in [4.69, 9.17) is 0 Å². The lowest BCUT2D eigenvalue weighted by molar-refractivity contribution is -0.303. The standard InChI is InChI=1S/C28H30F3N3O/c1-18(12-14-20(3)35-28(29,30)31)21(4)33-23(6)27-15-13-19(2)34(24(27)7)17-25-10-9-11-26(16-25)22(5)32-8/h9-16,32H,1,3-5,7,17H2,2,6,8H3/b14-12-,33-23+. The second-order valence-electron chi connectivity index (χ2n) is 7.87. The summed E-state index contributed by atoms with van der Waals surface area (Å²) in [7, 11) is 1.83. The minimum atomic E-state index is -4.80. The van der Waals surface area contributed by atoms with Gasteiger partial charge in [-0.25, -0.2) is 0 Å². The van der Waals surface area contributed by atoms with E-state index in [1.807, 2.05) is 51.2 Å². The van der Waals surface area contributed by atoms with Gasteiger partial charge in [0.05, 0.1) is 5.70 Å².